The van der Waals surface area contributed by atoms with Gasteiger partial charge in [-0.2, -0.15) is 0 Å². The maximum Gasteiger partial charge on any atom is 0.251 e. The van der Waals surface area contributed by atoms with Gasteiger partial charge in [0.1, 0.15) is 6.04 Å². The third-order valence-corrected chi connectivity index (χ3v) is 6.81. The molecule has 1 saturated heterocycles. The highest BCUT2D eigenvalue weighted by atomic mass is 16.2. The molecule has 29 heavy (non-hydrogen) atoms. The molecule has 2 aromatic rings. The molecule has 6 heteroatoms. The van der Waals surface area contributed by atoms with E-state index in [-0.39, 0.29) is 35.3 Å². The van der Waals surface area contributed by atoms with Crippen molar-refractivity contribution in [2.24, 2.45) is 5.92 Å². The molecule has 0 radical (unpaired) electrons. The molecule has 5 rings (SSSR count). The Morgan fingerprint density at radius 1 is 1.07 bits per heavy atom. The van der Waals surface area contributed by atoms with E-state index in [1.807, 2.05) is 23.1 Å². The summed E-state index contributed by atoms with van der Waals surface area (Å²) in [6.07, 6.45) is 2.65. The first-order valence-corrected chi connectivity index (χ1v) is 10.4. The van der Waals surface area contributed by atoms with Crippen molar-refractivity contribution in [3.8, 4) is 0 Å². The third kappa shape index (κ3) is 2.98. The monoisotopic (exact) mass is 391 g/mol. The number of benzene rings is 1. The zero-order valence-electron chi connectivity index (χ0n) is 16.5. The van der Waals surface area contributed by atoms with E-state index in [0.717, 1.165) is 25.0 Å². The van der Waals surface area contributed by atoms with E-state index >= 15 is 0 Å². The molecule has 6 nitrogen and oxygen atoms in total. The minimum atomic E-state index is -0.579. The predicted molar refractivity (Wildman–Crippen MR) is 108 cm³/mol. The second kappa shape index (κ2) is 6.87. The molecular formula is C23H25N3O3. The number of amides is 2. The average molecular weight is 391 g/mol. The van der Waals surface area contributed by atoms with Gasteiger partial charge in [0.2, 0.25) is 11.8 Å². The lowest BCUT2D eigenvalue weighted by molar-refractivity contribution is -0.135. The van der Waals surface area contributed by atoms with Crippen LogP contribution >= 0.6 is 0 Å². The Morgan fingerprint density at radius 3 is 2.72 bits per heavy atom. The summed E-state index contributed by atoms with van der Waals surface area (Å²) in [5.74, 6) is -0.0462. The van der Waals surface area contributed by atoms with Crippen LogP contribution in [0.3, 0.4) is 0 Å². The molecule has 2 amide bonds. The highest BCUT2D eigenvalue weighted by molar-refractivity contribution is 5.82. The number of fused-ring (bicyclic) bond motifs is 5. The molecule has 150 valence electrons. The molecular weight excluding hydrogens is 366 g/mol. The molecule has 0 saturated carbocycles. The van der Waals surface area contributed by atoms with E-state index in [9.17, 15) is 14.4 Å². The number of likely N-dealkylation sites (tertiary alicyclic amines) is 1. The van der Waals surface area contributed by atoms with Crippen molar-refractivity contribution >= 4 is 11.8 Å². The van der Waals surface area contributed by atoms with Gasteiger partial charge >= 0.3 is 0 Å². The summed E-state index contributed by atoms with van der Waals surface area (Å²) in [6, 6.07) is 12.8. The van der Waals surface area contributed by atoms with Crippen molar-refractivity contribution in [1.29, 1.82) is 0 Å². The van der Waals surface area contributed by atoms with Gasteiger partial charge in [-0.25, -0.2) is 0 Å². The van der Waals surface area contributed by atoms with Crippen LogP contribution in [0.2, 0.25) is 0 Å². The fraction of sp³-hybridized carbons (Fsp3) is 0.435. The number of nitrogens with one attached hydrogen (secondary N) is 1. The molecule has 4 atom stereocenters. The van der Waals surface area contributed by atoms with Gasteiger partial charge in [-0.3, -0.25) is 19.0 Å². The van der Waals surface area contributed by atoms with Gasteiger partial charge in [0.15, 0.2) is 0 Å². The molecule has 1 aromatic heterocycles. The Labute approximate surface area is 169 Å². The first kappa shape index (κ1) is 18.2. The van der Waals surface area contributed by atoms with E-state index in [2.05, 4.69) is 17.4 Å². The fourth-order valence-electron chi connectivity index (χ4n) is 5.49. The fourth-order valence-corrected chi connectivity index (χ4v) is 5.49. The second-order valence-electron chi connectivity index (χ2n) is 8.52. The van der Waals surface area contributed by atoms with Gasteiger partial charge < -0.3 is 10.2 Å². The summed E-state index contributed by atoms with van der Waals surface area (Å²) in [5, 5.41) is 3.22. The number of carbonyl (C=O) groups excluding carboxylic acids is 2. The molecule has 1 aromatic carbocycles. The number of carbonyl (C=O) groups is 2. The molecule has 0 unspecified atom stereocenters. The number of aryl methyl sites for hydroxylation is 1. The van der Waals surface area contributed by atoms with Crippen molar-refractivity contribution < 1.29 is 9.59 Å². The molecule has 1 aliphatic carbocycles. The Bertz CT molecular complexity index is 1040. The SMILES string of the molecule is CC(=O)N1C[C@H]2C[C@@H](C1)[C@H](C(=O)N[C@H]1CCc3ccccc31)n1c2cccc1=O. The van der Waals surface area contributed by atoms with Gasteiger partial charge in [-0.15, -0.1) is 0 Å². The molecule has 2 bridgehead atoms. The summed E-state index contributed by atoms with van der Waals surface area (Å²) < 4.78 is 1.69. The Balaban J connectivity index is 1.50. The average Bonchev–Trinajstić information content (AvgIpc) is 3.11. The minimum Gasteiger partial charge on any atom is -0.347 e. The number of pyridine rings is 1. The number of piperidine rings is 1. The van der Waals surface area contributed by atoms with Crippen LogP contribution in [0, 0.1) is 5.92 Å². The van der Waals surface area contributed by atoms with Gasteiger partial charge in [0, 0.05) is 43.6 Å². The van der Waals surface area contributed by atoms with Crippen molar-refractivity contribution in [3.63, 3.8) is 0 Å². The largest absolute Gasteiger partial charge is 0.347 e. The topological polar surface area (TPSA) is 71.4 Å². The van der Waals surface area contributed by atoms with E-state index in [1.165, 1.54) is 17.2 Å². The van der Waals surface area contributed by atoms with Crippen molar-refractivity contribution in [2.45, 2.75) is 44.2 Å². The Hall–Kier alpha value is -2.89. The molecule has 3 aliphatic rings. The third-order valence-electron chi connectivity index (χ3n) is 6.81. The van der Waals surface area contributed by atoms with Crippen molar-refractivity contribution in [2.75, 3.05) is 13.1 Å². The number of rotatable bonds is 2. The van der Waals surface area contributed by atoms with Crippen LogP contribution in [-0.2, 0) is 16.0 Å². The van der Waals surface area contributed by atoms with Crippen LogP contribution in [0.25, 0.3) is 0 Å². The van der Waals surface area contributed by atoms with Crippen molar-refractivity contribution in [3.05, 3.63) is 69.6 Å². The molecule has 0 spiro atoms. The highest BCUT2D eigenvalue weighted by Crippen LogP contribution is 2.42. The van der Waals surface area contributed by atoms with E-state index in [0.29, 0.717) is 13.1 Å². The summed E-state index contributed by atoms with van der Waals surface area (Å²) in [5.41, 5.74) is 3.18. The minimum absolute atomic E-state index is 0.0215. The molecule has 2 aliphatic heterocycles. The number of hydrogen-bond acceptors (Lipinski definition) is 3. The maximum atomic E-state index is 13.5. The van der Waals surface area contributed by atoms with E-state index < -0.39 is 6.04 Å². The van der Waals surface area contributed by atoms with Crippen LogP contribution in [0.15, 0.2) is 47.3 Å². The van der Waals surface area contributed by atoms with Crippen LogP contribution in [0.1, 0.15) is 54.6 Å². The number of hydrogen-bond donors (Lipinski definition) is 1. The summed E-state index contributed by atoms with van der Waals surface area (Å²) in [6.45, 7) is 2.70. The zero-order chi connectivity index (χ0) is 20.1. The van der Waals surface area contributed by atoms with E-state index in [4.69, 9.17) is 0 Å². The van der Waals surface area contributed by atoms with Gasteiger partial charge in [0.05, 0.1) is 6.04 Å². The lowest BCUT2D eigenvalue weighted by Gasteiger charge is -2.46. The van der Waals surface area contributed by atoms with Gasteiger partial charge in [0.25, 0.3) is 5.56 Å². The maximum absolute atomic E-state index is 13.5. The first-order chi connectivity index (χ1) is 14.0. The molecule has 1 N–H and O–H groups in total. The summed E-state index contributed by atoms with van der Waals surface area (Å²) in [4.78, 5) is 40.1. The lowest BCUT2D eigenvalue weighted by atomic mass is 9.78. The molecule has 3 heterocycles. The van der Waals surface area contributed by atoms with Crippen LogP contribution < -0.4 is 10.9 Å². The Kier molecular flexibility index (Phi) is 4.30. The predicted octanol–water partition coefficient (Wildman–Crippen LogP) is 2.16. The second-order valence-corrected chi connectivity index (χ2v) is 8.52. The number of aromatic nitrogens is 1. The smallest absolute Gasteiger partial charge is 0.251 e. The van der Waals surface area contributed by atoms with Gasteiger partial charge in [-0.05, 0) is 36.5 Å². The lowest BCUT2D eigenvalue weighted by Crippen LogP contribution is -2.54. The standard InChI is InChI=1S/C23H25N3O3/c1-14(27)25-12-16-11-17(13-25)22(26-20(16)7-4-8-21(26)28)23(29)24-19-10-9-15-5-2-3-6-18(15)19/h2-8,16-17,19,22H,9-13H2,1H3,(H,24,29)/t16-,17+,19+,22-/m1/s1. The normalized spacial score (nSPS) is 27.1. The van der Waals surface area contributed by atoms with Crippen molar-refractivity contribution in [1.82, 2.24) is 14.8 Å². The quantitative estimate of drug-likeness (QED) is 0.853. The van der Waals surface area contributed by atoms with Crippen LogP contribution in [0.4, 0.5) is 0 Å². The van der Waals surface area contributed by atoms with Crippen LogP contribution in [0.5, 0.6) is 0 Å². The zero-order valence-corrected chi connectivity index (χ0v) is 16.5. The Morgan fingerprint density at radius 2 is 1.90 bits per heavy atom. The highest BCUT2D eigenvalue weighted by Gasteiger charge is 2.44. The van der Waals surface area contributed by atoms with Gasteiger partial charge in [-0.1, -0.05) is 30.3 Å². The molecule has 1 fully saturated rings. The number of nitrogens with zero attached hydrogens (tertiary/aromatic N) is 2. The summed E-state index contributed by atoms with van der Waals surface area (Å²) in [7, 11) is 0. The van der Waals surface area contributed by atoms with E-state index in [1.54, 1.807) is 17.6 Å². The van der Waals surface area contributed by atoms with Crippen LogP contribution in [-0.4, -0.2) is 34.4 Å². The summed E-state index contributed by atoms with van der Waals surface area (Å²) >= 11 is 0. The first-order valence-electron chi connectivity index (χ1n) is 10.4.